The van der Waals surface area contributed by atoms with Crippen LogP contribution in [0.25, 0.3) is 11.0 Å². The van der Waals surface area contributed by atoms with E-state index in [0.29, 0.717) is 69.6 Å². The summed E-state index contributed by atoms with van der Waals surface area (Å²) in [5, 5.41) is 26.5. The molecule has 2 heterocycles. The topological polar surface area (TPSA) is 194 Å². The van der Waals surface area contributed by atoms with Gasteiger partial charge in [0.1, 0.15) is 23.2 Å². The summed E-state index contributed by atoms with van der Waals surface area (Å²) < 4.78 is 16.2. The van der Waals surface area contributed by atoms with Gasteiger partial charge in [-0.25, -0.2) is 19.4 Å². The standard InChI is InChI=1S/C28H45N7O9/c1-27(2,3)42-25(38)33(16-10-12-29-24(36)37)14-8-9-15-34(26(39)43-28(4,5)6)17-11-13-32(7)23-20-18-31-44-22(20)21(19-30-23)35(40)41/h18-19,29H,8-17H2,1-7H3,(H,36,37). The number of aromatic nitrogens is 2. The van der Waals surface area contributed by atoms with E-state index < -0.39 is 34.4 Å². The average molecular weight is 624 g/mol. The number of carbonyl (C=O) groups excluding carboxylic acids is 2. The second-order valence-corrected chi connectivity index (χ2v) is 12.3. The zero-order valence-electron chi connectivity index (χ0n) is 26.6. The molecule has 0 aliphatic rings. The second-order valence-electron chi connectivity index (χ2n) is 12.3. The summed E-state index contributed by atoms with van der Waals surface area (Å²) in [7, 11) is 1.79. The minimum absolute atomic E-state index is 0.0424. The zero-order chi connectivity index (χ0) is 33.1. The molecule has 0 spiro atoms. The number of amides is 3. The Morgan fingerprint density at radius 3 is 1.93 bits per heavy atom. The molecule has 0 aliphatic carbocycles. The molecular formula is C28H45N7O9. The number of hydrogen-bond donors (Lipinski definition) is 2. The first-order chi connectivity index (χ1) is 20.5. The highest BCUT2D eigenvalue weighted by Gasteiger charge is 2.25. The predicted octanol–water partition coefficient (Wildman–Crippen LogP) is 4.87. The number of ether oxygens (including phenoxy) is 2. The predicted molar refractivity (Wildman–Crippen MR) is 162 cm³/mol. The van der Waals surface area contributed by atoms with E-state index >= 15 is 0 Å². The van der Waals surface area contributed by atoms with Crippen LogP contribution in [0.15, 0.2) is 16.9 Å². The van der Waals surface area contributed by atoms with Gasteiger partial charge in [-0.05, 0) is 67.2 Å². The molecule has 2 N–H and O–H groups in total. The van der Waals surface area contributed by atoms with Gasteiger partial charge in [-0.2, -0.15) is 0 Å². The summed E-state index contributed by atoms with van der Waals surface area (Å²) in [6, 6.07) is 0. The third kappa shape index (κ3) is 12.1. The number of unbranched alkanes of at least 4 members (excludes halogenated alkanes) is 1. The number of fused-ring (bicyclic) bond motifs is 1. The molecule has 44 heavy (non-hydrogen) atoms. The number of carbonyl (C=O) groups is 3. The van der Waals surface area contributed by atoms with Crippen molar-refractivity contribution in [2.45, 2.75) is 78.4 Å². The second kappa shape index (κ2) is 15.9. The summed E-state index contributed by atoms with van der Waals surface area (Å²) in [6.07, 6.45) is 2.57. The summed E-state index contributed by atoms with van der Waals surface area (Å²) in [5.41, 5.74) is -1.60. The minimum atomic E-state index is -1.13. The van der Waals surface area contributed by atoms with Crippen molar-refractivity contribution in [2.75, 3.05) is 51.2 Å². The number of pyridine rings is 1. The molecule has 16 nitrogen and oxygen atoms in total. The van der Waals surface area contributed by atoms with Crippen molar-refractivity contribution in [3.05, 3.63) is 22.5 Å². The maximum absolute atomic E-state index is 13.0. The molecule has 2 rings (SSSR count). The molecule has 0 saturated heterocycles. The van der Waals surface area contributed by atoms with Crippen molar-refractivity contribution in [3.63, 3.8) is 0 Å². The largest absolute Gasteiger partial charge is 0.465 e. The number of nitro groups is 1. The molecule has 0 fully saturated rings. The fourth-order valence-electron chi connectivity index (χ4n) is 4.19. The maximum atomic E-state index is 13.0. The van der Waals surface area contributed by atoms with Crippen LogP contribution in [0, 0.1) is 10.1 Å². The van der Waals surface area contributed by atoms with E-state index in [2.05, 4.69) is 15.5 Å². The lowest BCUT2D eigenvalue weighted by Gasteiger charge is -2.29. The minimum Gasteiger partial charge on any atom is -0.465 e. The fourth-order valence-corrected chi connectivity index (χ4v) is 4.19. The van der Waals surface area contributed by atoms with Crippen LogP contribution in [-0.2, 0) is 9.47 Å². The van der Waals surface area contributed by atoms with Gasteiger partial charge < -0.3 is 39.1 Å². The Morgan fingerprint density at radius 2 is 1.43 bits per heavy atom. The van der Waals surface area contributed by atoms with Gasteiger partial charge in [0.15, 0.2) is 0 Å². The molecule has 2 aromatic heterocycles. The Morgan fingerprint density at radius 1 is 0.909 bits per heavy atom. The summed E-state index contributed by atoms with van der Waals surface area (Å²) >= 11 is 0. The molecule has 246 valence electrons. The Kier molecular flexibility index (Phi) is 13.0. The highest BCUT2D eigenvalue weighted by Crippen LogP contribution is 2.30. The van der Waals surface area contributed by atoms with Crippen molar-refractivity contribution in [1.29, 1.82) is 0 Å². The molecule has 2 aromatic rings. The number of rotatable bonds is 15. The summed E-state index contributed by atoms with van der Waals surface area (Å²) in [5.74, 6) is 0.469. The molecule has 0 bridgehead atoms. The lowest BCUT2D eigenvalue weighted by atomic mass is 10.2. The summed E-state index contributed by atoms with van der Waals surface area (Å²) in [4.78, 5) is 56.4. The SMILES string of the molecule is CN(CCCN(CCCCN(CCCNC(=O)O)C(=O)OC(C)(C)C)C(=O)OC(C)(C)C)c1ncc([N+](=O)[O-])c2oncc12. The first-order valence-corrected chi connectivity index (χ1v) is 14.5. The highest BCUT2D eigenvalue weighted by molar-refractivity contribution is 5.93. The van der Waals surface area contributed by atoms with Crippen LogP contribution in [0.4, 0.5) is 25.9 Å². The number of hydrogen-bond acceptors (Lipinski definition) is 11. The van der Waals surface area contributed by atoms with Crippen molar-refractivity contribution >= 4 is 40.8 Å². The highest BCUT2D eigenvalue weighted by atomic mass is 16.6. The number of nitrogens with one attached hydrogen (secondary N) is 1. The molecule has 0 unspecified atom stereocenters. The molecule has 0 aliphatic heterocycles. The normalized spacial score (nSPS) is 11.6. The third-order valence-electron chi connectivity index (χ3n) is 6.12. The Balaban J connectivity index is 2.00. The van der Waals surface area contributed by atoms with Gasteiger partial charge in [0.05, 0.1) is 16.5 Å². The van der Waals surface area contributed by atoms with E-state index in [1.54, 1.807) is 58.4 Å². The van der Waals surface area contributed by atoms with E-state index in [1.807, 2.05) is 4.90 Å². The molecule has 16 heteroatoms. The number of nitrogens with zero attached hydrogens (tertiary/aromatic N) is 6. The molecule has 3 amide bonds. The van der Waals surface area contributed by atoms with Crippen molar-refractivity contribution in [3.8, 4) is 0 Å². The van der Waals surface area contributed by atoms with Crippen molar-refractivity contribution in [1.82, 2.24) is 25.3 Å². The first-order valence-electron chi connectivity index (χ1n) is 14.5. The van der Waals surface area contributed by atoms with Crippen LogP contribution in [0.2, 0.25) is 0 Å². The monoisotopic (exact) mass is 623 g/mol. The van der Waals surface area contributed by atoms with Gasteiger partial charge in [-0.15, -0.1) is 0 Å². The van der Waals surface area contributed by atoms with Crippen LogP contribution in [0.1, 0.15) is 67.2 Å². The lowest BCUT2D eigenvalue weighted by Crippen LogP contribution is -2.40. The lowest BCUT2D eigenvalue weighted by molar-refractivity contribution is -0.384. The number of anilines is 1. The maximum Gasteiger partial charge on any atom is 0.410 e. The molecular weight excluding hydrogens is 578 g/mol. The Bertz CT molecular complexity index is 1270. The van der Waals surface area contributed by atoms with Crippen LogP contribution in [0.3, 0.4) is 0 Å². The fraction of sp³-hybridized carbons (Fsp3) is 0.679. The van der Waals surface area contributed by atoms with Crippen molar-refractivity contribution < 1.29 is 38.4 Å². The van der Waals surface area contributed by atoms with Crippen LogP contribution in [-0.4, -0.2) is 106 Å². The van der Waals surface area contributed by atoms with Crippen LogP contribution in [0.5, 0.6) is 0 Å². The molecule has 0 aromatic carbocycles. The van der Waals surface area contributed by atoms with E-state index in [4.69, 9.17) is 19.1 Å². The molecule has 0 atom stereocenters. The third-order valence-corrected chi connectivity index (χ3v) is 6.12. The van der Waals surface area contributed by atoms with Crippen LogP contribution >= 0.6 is 0 Å². The molecule has 0 radical (unpaired) electrons. The van der Waals surface area contributed by atoms with Crippen LogP contribution < -0.4 is 10.2 Å². The average Bonchev–Trinajstić information content (AvgIpc) is 3.38. The van der Waals surface area contributed by atoms with E-state index in [1.165, 1.54) is 6.20 Å². The van der Waals surface area contributed by atoms with Crippen molar-refractivity contribution in [2.24, 2.45) is 0 Å². The smallest absolute Gasteiger partial charge is 0.410 e. The van der Waals surface area contributed by atoms with E-state index in [-0.39, 0.29) is 17.8 Å². The van der Waals surface area contributed by atoms with Gasteiger partial charge >= 0.3 is 24.0 Å². The van der Waals surface area contributed by atoms with Gasteiger partial charge in [0.2, 0.25) is 5.58 Å². The number of carboxylic acid groups (broad SMARTS) is 1. The van der Waals surface area contributed by atoms with E-state index in [9.17, 15) is 24.5 Å². The van der Waals surface area contributed by atoms with Gasteiger partial charge in [0, 0.05) is 46.3 Å². The Labute approximate surface area is 256 Å². The molecule has 0 saturated carbocycles. The van der Waals surface area contributed by atoms with E-state index in [0.717, 1.165) is 6.20 Å². The van der Waals surface area contributed by atoms with Gasteiger partial charge in [-0.1, -0.05) is 5.16 Å². The summed E-state index contributed by atoms with van der Waals surface area (Å²) in [6.45, 7) is 12.8. The first kappa shape index (κ1) is 35.8. The van der Waals surface area contributed by atoms with Gasteiger partial charge in [-0.3, -0.25) is 10.1 Å². The quantitative estimate of drug-likeness (QED) is 0.155. The van der Waals surface area contributed by atoms with Gasteiger partial charge in [0.25, 0.3) is 0 Å². The Hall–Kier alpha value is -4.37. The zero-order valence-corrected chi connectivity index (χ0v) is 26.6.